The number of anilines is 1. The number of aryl methyl sites for hydroxylation is 2. The second-order valence-electron chi connectivity index (χ2n) is 6.09. The lowest BCUT2D eigenvalue weighted by Gasteiger charge is -2.29. The molecule has 0 saturated heterocycles. The van der Waals surface area contributed by atoms with Crippen molar-refractivity contribution in [1.29, 1.82) is 0 Å². The first kappa shape index (κ1) is 15.5. The molecule has 2 amide bonds. The minimum atomic E-state index is -0.587. The second-order valence-corrected chi connectivity index (χ2v) is 6.09. The lowest BCUT2D eigenvalue weighted by atomic mass is 9.86. The van der Waals surface area contributed by atoms with E-state index in [1.807, 2.05) is 32.0 Å². The van der Waals surface area contributed by atoms with Crippen molar-refractivity contribution < 1.29 is 9.59 Å². The molecule has 0 bridgehead atoms. The third-order valence-corrected chi connectivity index (χ3v) is 4.40. The SMILES string of the molecule is Cc1ccc(NC(=O)C(=O)N[C@@H]2CCCC[C@H]2C)cc1C. The molecule has 4 nitrogen and oxygen atoms in total. The maximum atomic E-state index is 12.0. The molecule has 0 spiro atoms. The molecule has 2 rings (SSSR count). The predicted octanol–water partition coefficient (Wildman–Crippen LogP) is 2.94. The van der Waals surface area contributed by atoms with Crippen LogP contribution in [0.5, 0.6) is 0 Å². The second kappa shape index (κ2) is 6.74. The summed E-state index contributed by atoms with van der Waals surface area (Å²) in [4.78, 5) is 24.0. The van der Waals surface area contributed by atoms with Crippen molar-refractivity contribution in [3.63, 3.8) is 0 Å². The van der Waals surface area contributed by atoms with E-state index in [0.717, 1.165) is 30.4 Å². The first-order chi connectivity index (χ1) is 9.97. The molecule has 1 aromatic rings. The Bertz CT molecular complexity index is 540. The molecule has 0 heterocycles. The zero-order valence-corrected chi connectivity index (χ0v) is 13.0. The summed E-state index contributed by atoms with van der Waals surface area (Å²) in [5, 5.41) is 5.53. The molecular formula is C17H24N2O2. The smallest absolute Gasteiger partial charge is 0.313 e. The first-order valence-electron chi connectivity index (χ1n) is 7.66. The summed E-state index contributed by atoms with van der Waals surface area (Å²) < 4.78 is 0. The highest BCUT2D eigenvalue weighted by atomic mass is 16.2. The number of benzene rings is 1. The number of rotatable bonds is 2. The normalized spacial score (nSPS) is 21.7. The van der Waals surface area contributed by atoms with Gasteiger partial charge in [0, 0.05) is 11.7 Å². The van der Waals surface area contributed by atoms with Gasteiger partial charge in [0.05, 0.1) is 0 Å². The number of hydrogen-bond donors (Lipinski definition) is 2. The van der Waals surface area contributed by atoms with Crippen molar-refractivity contribution in [2.24, 2.45) is 5.92 Å². The van der Waals surface area contributed by atoms with Crippen molar-refractivity contribution in [2.45, 2.75) is 52.5 Å². The Hall–Kier alpha value is -1.84. The summed E-state index contributed by atoms with van der Waals surface area (Å²) >= 11 is 0. The van der Waals surface area contributed by atoms with E-state index in [2.05, 4.69) is 17.6 Å². The van der Waals surface area contributed by atoms with E-state index in [-0.39, 0.29) is 6.04 Å². The molecule has 0 radical (unpaired) electrons. The van der Waals surface area contributed by atoms with Gasteiger partial charge in [-0.2, -0.15) is 0 Å². The topological polar surface area (TPSA) is 58.2 Å². The molecule has 114 valence electrons. The van der Waals surface area contributed by atoms with E-state index in [4.69, 9.17) is 0 Å². The van der Waals surface area contributed by atoms with Gasteiger partial charge < -0.3 is 10.6 Å². The van der Waals surface area contributed by atoms with Crippen molar-refractivity contribution in [3.05, 3.63) is 29.3 Å². The lowest BCUT2D eigenvalue weighted by molar-refractivity contribution is -0.137. The van der Waals surface area contributed by atoms with Gasteiger partial charge in [0.1, 0.15) is 0 Å². The Balaban J connectivity index is 1.93. The number of carbonyl (C=O) groups is 2. The Kier molecular flexibility index (Phi) is 4.99. The molecular weight excluding hydrogens is 264 g/mol. The maximum Gasteiger partial charge on any atom is 0.313 e. The number of nitrogens with one attached hydrogen (secondary N) is 2. The van der Waals surface area contributed by atoms with Crippen LogP contribution in [-0.2, 0) is 9.59 Å². The molecule has 1 aromatic carbocycles. The predicted molar refractivity (Wildman–Crippen MR) is 84.1 cm³/mol. The molecule has 0 aliphatic heterocycles. The van der Waals surface area contributed by atoms with E-state index in [1.165, 1.54) is 6.42 Å². The fourth-order valence-electron chi connectivity index (χ4n) is 2.77. The van der Waals surface area contributed by atoms with Crippen molar-refractivity contribution in [3.8, 4) is 0 Å². The third-order valence-electron chi connectivity index (χ3n) is 4.40. The fourth-order valence-corrected chi connectivity index (χ4v) is 2.77. The van der Waals surface area contributed by atoms with Gasteiger partial charge in [0.25, 0.3) is 0 Å². The Morgan fingerprint density at radius 2 is 1.76 bits per heavy atom. The van der Waals surface area contributed by atoms with E-state index in [1.54, 1.807) is 0 Å². The Morgan fingerprint density at radius 3 is 2.43 bits per heavy atom. The number of hydrogen-bond acceptors (Lipinski definition) is 2. The molecule has 1 aliphatic carbocycles. The van der Waals surface area contributed by atoms with Crippen LogP contribution in [0, 0.1) is 19.8 Å². The molecule has 2 N–H and O–H groups in total. The van der Waals surface area contributed by atoms with Crippen LogP contribution in [-0.4, -0.2) is 17.9 Å². The van der Waals surface area contributed by atoms with Crippen molar-refractivity contribution in [2.75, 3.05) is 5.32 Å². The quantitative estimate of drug-likeness (QED) is 0.822. The lowest BCUT2D eigenvalue weighted by Crippen LogP contribution is -2.45. The van der Waals surface area contributed by atoms with E-state index < -0.39 is 11.8 Å². The zero-order chi connectivity index (χ0) is 15.4. The summed E-state index contributed by atoms with van der Waals surface area (Å²) in [7, 11) is 0. The van der Waals surface area contributed by atoms with Gasteiger partial charge in [-0.3, -0.25) is 9.59 Å². The van der Waals surface area contributed by atoms with Crippen LogP contribution in [0.3, 0.4) is 0 Å². The third kappa shape index (κ3) is 4.06. The average molecular weight is 288 g/mol. The zero-order valence-electron chi connectivity index (χ0n) is 13.0. The molecule has 21 heavy (non-hydrogen) atoms. The van der Waals surface area contributed by atoms with Crippen LogP contribution >= 0.6 is 0 Å². The number of amides is 2. The summed E-state index contributed by atoms with van der Waals surface area (Å²) in [5.74, 6) is -0.680. The summed E-state index contributed by atoms with van der Waals surface area (Å²) in [6, 6.07) is 5.75. The van der Waals surface area contributed by atoms with Gasteiger partial charge in [-0.25, -0.2) is 0 Å². The highest BCUT2D eigenvalue weighted by molar-refractivity contribution is 6.39. The van der Waals surface area contributed by atoms with Crippen LogP contribution in [0.2, 0.25) is 0 Å². The van der Waals surface area contributed by atoms with Gasteiger partial charge in [0.2, 0.25) is 0 Å². The van der Waals surface area contributed by atoms with Crippen LogP contribution < -0.4 is 10.6 Å². The highest BCUT2D eigenvalue weighted by Gasteiger charge is 2.25. The number of carbonyl (C=O) groups excluding carboxylic acids is 2. The molecule has 1 saturated carbocycles. The fraction of sp³-hybridized carbons (Fsp3) is 0.529. The maximum absolute atomic E-state index is 12.0. The summed E-state index contributed by atoms with van der Waals surface area (Å²) in [5.41, 5.74) is 2.91. The largest absolute Gasteiger partial charge is 0.345 e. The minimum Gasteiger partial charge on any atom is -0.345 e. The van der Waals surface area contributed by atoms with Gasteiger partial charge in [-0.15, -0.1) is 0 Å². The van der Waals surface area contributed by atoms with E-state index in [9.17, 15) is 9.59 Å². The molecule has 0 unspecified atom stereocenters. The van der Waals surface area contributed by atoms with Gasteiger partial charge in [-0.05, 0) is 55.9 Å². The molecule has 1 aliphatic rings. The van der Waals surface area contributed by atoms with Crippen LogP contribution in [0.25, 0.3) is 0 Å². The minimum absolute atomic E-state index is 0.122. The Labute approximate surface area is 126 Å². The van der Waals surface area contributed by atoms with Crippen LogP contribution in [0.4, 0.5) is 5.69 Å². The van der Waals surface area contributed by atoms with Gasteiger partial charge in [0.15, 0.2) is 0 Å². The van der Waals surface area contributed by atoms with E-state index >= 15 is 0 Å². The first-order valence-corrected chi connectivity index (χ1v) is 7.66. The Morgan fingerprint density at radius 1 is 1.05 bits per heavy atom. The summed E-state index contributed by atoms with van der Waals surface area (Å²) in [6.45, 7) is 6.12. The summed E-state index contributed by atoms with van der Waals surface area (Å²) in [6.07, 6.45) is 4.41. The van der Waals surface area contributed by atoms with Crippen LogP contribution in [0.1, 0.15) is 43.7 Å². The van der Waals surface area contributed by atoms with Gasteiger partial charge in [-0.1, -0.05) is 25.8 Å². The average Bonchev–Trinajstić information content (AvgIpc) is 2.45. The van der Waals surface area contributed by atoms with Crippen LogP contribution in [0.15, 0.2) is 18.2 Å². The molecule has 0 aromatic heterocycles. The van der Waals surface area contributed by atoms with E-state index in [0.29, 0.717) is 11.6 Å². The molecule has 4 heteroatoms. The standard InChI is InChI=1S/C17H24N2O2/c1-11-8-9-14(10-13(11)3)18-16(20)17(21)19-15-7-5-4-6-12(15)2/h8-10,12,15H,4-7H2,1-3H3,(H,18,20)(H,19,21)/t12-,15-/m1/s1. The van der Waals surface area contributed by atoms with Crippen molar-refractivity contribution in [1.82, 2.24) is 5.32 Å². The van der Waals surface area contributed by atoms with Gasteiger partial charge >= 0.3 is 11.8 Å². The van der Waals surface area contributed by atoms with Crippen molar-refractivity contribution >= 4 is 17.5 Å². The highest BCUT2D eigenvalue weighted by Crippen LogP contribution is 2.23. The molecule has 1 fully saturated rings. The monoisotopic (exact) mass is 288 g/mol. The molecule has 2 atom stereocenters.